The van der Waals surface area contributed by atoms with E-state index in [1.807, 2.05) is 0 Å². The van der Waals surface area contributed by atoms with Crippen LogP contribution < -0.4 is 0 Å². The van der Waals surface area contributed by atoms with Crippen LogP contribution in [0.2, 0.25) is 0 Å². The van der Waals surface area contributed by atoms with Gasteiger partial charge in [0.25, 0.3) is 0 Å². The van der Waals surface area contributed by atoms with Crippen LogP contribution in [-0.4, -0.2) is 5.26 Å². The fraction of sp³-hybridized carbons (Fsp3) is 0. The summed E-state index contributed by atoms with van der Waals surface area (Å²) < 4.78 is 2.72. The highest BCUT2D eigenvalue weighted by Crippen LogP contribution is 1.58. The van der Waals surface area contributed by atoms with E-state index in [1.54, 1.807) is 0 Å². The standard InChI is InChI=1S/ClHO2.H3P/c1-3-2;/h2H;1H3. The molecule has 0 radical (unpaired) electrons. The smallest absolute Gasteiger partial charge is 0.0997 e. The van der Waals surface area contributed by atoms with Gasteiger partial charge >= 0.3 is 0 Å². The van der Waals surface area contributed by atoms with Gasteiger partial charge in [0.2, 0.25) is 0 Å². The summed E-state index contributed by atoms with van der Waals surface area (Å²) in [5.41, 5.74) is 0. The molecule has 2 nitrogen and oxygen atoms in total. The molecule has 0 aliphatic rings. The van der Waals surface area contributed by atoms with Crippen LogP contribution in [0.25, 0.3) is 0 Å². The van der Waals surface area contributed by atoms with E-state index in [0.29, 0.717) is 0 Å². The highest BCUT2D eigenvalue weighted by molar-refractivity contribution is 6.92. The topological polar surface area (TPSA) is 29.5 Å². The molecule has 0 spiro atoms. The van der Waals surface area contributed by atoms with Crippen molar-refractivity contribution in [1.29, 1.82) is 0 Å². The third-order valence-electron chi connectivity index (χ3n) is 0. The number of hydrogen-bond acceptors (Lipinski definition) is 2. The van der Waals surface area contributed by atoms with Crippen molar-refractivity contribution in [3.63, 3.8) is 0 Å². The molecule has 1 unspecified atom stereocenters. The Bertz CT molecular complexity index is 6.00. The van der Waals surface area contributed by atoms with Crippen LogP contribution in [0.4, 0.5) is 0 Å². The lowest BCUT2D eigenvalue weighted by molar-refractivity contribution is -0.130. The van der Waals surface area contributed by atoms with E-state index in [9.17, 15) is 0 Å². The van der Waals surface area contributed by atoms with Gasteiger partial charge in [-0.3, -0.25) is 0 Å². The third-order valence-corrected chi connectivity index (χ3v) is 0. The molecule has 0 saturated heterocycles. The van der Waals surface area contributed by atoms with Gasteiger partial charge in [0.05, 0.1) is 11.9 Å². The minimum Gasteiger partial charge on any atom is -0.233 e. The van der Waals surface area contributed by atoms with Gasteiger partial charge in [-0.25, -0.2) is 5.26 Å². The van der Waals surface area contributed by atoms with E-state index in [-0.39, 0.29) is 9.90 Å². The molecule has 0 aliphatic carbocycles. The molecule has 1 N–H and O–H groups in total. The monoisotopic (exact) mass is 102 g/mol. The lowest BCUT2D eigenvalue weighted by Crippen LogP contribution is -1.42. The van der Waals surface area contributed by atoms with Gasteiger partial charge in [0, 0.05) is 0 Å². The van der Waals surface area contributed by atoms with Gasteiger partial charge in [-0.15, -0.1) is 4.44 Å². The fourth-order valence-electron chi connectivity index (χ4n) is 0. The largest absolute Gasteiger partial charge is 0.233 e. The summed E-state index contributed by atoms with van der Waals surface area (Å²) in [7, 11) is 0. The van der Waals surface area contributed by atoms with Crippen LogP contribution >= 0.6 is 21.8 Å². The molecule has 0 saturated carbocycles. The normalized spacial score (nSPS) is 4.50. The quantitative estimate of drug-likeness (QED) is 0.277. The van der Waals surface area contributed by atoms with E-state index in [0.717, 1.165) is 0 Å². The Morgan fingerprint density at radius 3 is 1.75 bits per heavy atom. The summed E-state index contributed by atoms with van der Waals surface area (Å²) in [4.78, 5) is 0. The van der Waals surface area contributed by atoms with Crippen LogP contribution in [0, 0.1) is 0 Å². The first-order valence-electron chi connectivity index (χ1n) is 0.337. The van der Waals surface area contributed by atoms with Crippen molar-refractivity contribution in [3.8, 4) is 0 Å². The molecule has 0 aliphatic heterocycles. The molecule has 4 heteroatoms. The molecule has 1 atom stereocenters. The Balaban J connectivity index is 0. The van der Waals surface area contributed by atoms with E-state index in [4.69, 9.17) is 5.26 Å². The van der Waals surface area contributed by atoms with Gasteiger partial charge in [-0.05, 0) is 0 Å². The first-order chi connectivity index (χ1) is 1.41. The van der Waals surface area contributed by atoms with Crippen molar-refractivity contribution >= 4 is 21.8 Å². The number of hydrogen-bond donors (Lipinski definition) is 1. The van der Waals surface area contributed by atoms with Gasteiger partial charge in [0.15, 0.2) is 0 Å². The summed E-state index contributed by atoms with van der Waals surface area (Å²) in [5, 5.41) is 6.83. The SMILES string of the molecule is OOCl.P. The van der Waals surface area contributed by atoms with Gasteiger partial charge in [0.1, 0.15) is 0 Å². The molecule has 0 heterocycles. The number of halogens is 1. The van der Waals surface area contributed by atoms with Crippen molar-refractivity contribution in [2.45, 2.75) is 0 Å². The van der Waals surface area contributed by atoms with E-state index in [2.05, 4.69) is 16.3 Å². The molecule has 0 aromatic carbocycles. The third kappa shape index (κ3) is 17.3. The Labute approximate surface area is 32.4 Å². The molecule has 28 valence electrons. The average molecular weight is 102 g/mol. The lowest BCUT2D eigenvalue weighted by atomic mass is 15.0. The van der Waals surface area contributed by atoms with Gasteiger partial charge in [-0.2, -0.15) is 9.90 Å². The molecule has 4 heavy (non-hydrogen) atoms. The van der Waals surface area contributed by atoms with Crippen LogP contribution in [0.3, 0.4) is 0 Å². The summed E-state index contributed by atoms with van der Waals surface area (Å²) in [6, 6.07) is 0. The Hall–Kier alpha value is 0.640. The molecule has 0 fully saturated rings. The lowest BCUT2D eigenvalue weighted by Gasteiger charge is -1.52. The van der Waals surface area contributed by atoms with E-state index >= 15 is 0 Å². The van der Waals surface area contributed by atoms with Gasteiger partial charge in [-0.1, -0.05) is 0 Å². The van der Waals surface area contributed by atoms with E-state index < -0.39 is 0 Å². The zero-order valence-corrected chi connectivity index (χ0v) is 4.11. The predicted molar refractivity (Wildman–Crippen MR) is 20.7 cm³/mol. The minimum atomic E-state index is 0. The van der Waals surface area contributed by atoms with Crippen molar-refractivity contribution in [3.05, 3.63) is 0 Å². The van der Waals surface area contributed by atoms with Crippen LogP contribution in [0.1, 0.15) is 0 Å². The van der Waals surface area contributed by atoms with Crippen molar-refractivity contribution in [2.75, 3.05) is 0 Å². The molecular formula is H4ClO2P. The second-order valence-electron chi connectivity index (χ2n) is 0.0690. The summed E-state index contributed by atoms with van der Waals surface area (Å²) in [6.45, 7) is 0. The summed E-state index contributed by atoms with van der Waals surface area (Å²) >= 11 is 4.05. The molecule has 0 rings (SSSR count). The molecule has 0 amide bonds. The second-order valence-corrected chi connectivity index (χ2v) is 0.207. The van der Waals surface area contributed by atoms with Crippen LogP contribution in [0.15, 0.2) is 0 Å². The van der Waals surface area contributed by atoms with Crippen LogP contribution in [-0.2, 0) is 4.44 Å². The Kier molecular flexibility index (Phi) is 20.8. The Morgan fingerprint density at radius 1 is 1.75 bits per heavy atom. The maximum Gasteiger partial charge on any atom is 0.0997 e. The van der Waals surface area contributed by atoms with Gasteiger partial charge < -0.3 is 0 Å². The first-order valence-corrected chi connectivity index (χ1v) is 0.645. The van der Waals surface area contributed by atoms with E-state index in [1.165, 1.54) is 0 Å². The highest BCUT2D eigenvalue weighted by atomic mass is 35.5. The maximum absolute atomic E-state index is 6.83. The maximum atomic E-state index is 6.83. The highest BCUT2D eigenvalue weighted by Gasteiger charge is 1.33. The van der Waals surface area contributed by atoms with Crippen molar-refractivity contribution < 1.29 is 9.70 Å². The minimum absolute atomic E-state index is 0. The molecule has 0 aromatic rings. The van der Waals surface area contributed by atoms with Crippen molar-refractivity contribution in [2.24, 2.45) is 0 Å². The van der Waals surface area contributed by atoms with Crippen LogP contribution in [0.5, 0.6) is 0 Å². The summed E-state index contributed by atoms with van der Waals surface area (Å²) in [6.07, 6.45) is 0. The summed E-state index contributed by atoms with van der Waals surface area (Å²) in [5.74, 6) is 0. The first kappa shape index (κ1) is 8.82. The average Bonchev–Trinajstić information content (AvgIpc) is 0.918. The molecular weight excluding hydrogens is 98.4 g/mol. The predicted octanol–water partition coefficient (Wildman–Crippen LogP) is 0.688. The second kappa shape index (κ2) is 9.43. The zero-order chi connectivity index (χ0) is 2.71. The Morgan fingerprint density at radius 2 is 1.75 bits per heavy atom. The fourth-order valence-corrected chi connectivity index (χ4v) is 0. The number of rotatable bonds is 0. The van der Waals surface area contributed by atoms with Crippen molar-refractivity contribution in [1.82, 2.24) is 0 Å². The molecule has 0 bridgehead atoms. The zero-order valence-electron chi connectivity index (χ0n) is 1.94. The molecule has 0 aromatic heterocycles.